The molecule has 0 atom stereocenters. The first-order valence-corrected chi connectivity index (χ1v) is 11.4. The molecule has 3 aromatic rings. The topological polar surface area (TPSA) is 75.9 Å². The lowest BCUT2D eigenvalue weighted by molar-refractivity contribution is 0.179. The van der Waals surface area contributed by atoms with E-state index in [1.54, 1.807) is 7.11 Å². The van der Waals surface area contributed by atoms with Gasteiger partial charge in [0, 0.05) is 32.7 Å². The fourth-order valence-electron chi connectivity index (χ4n) is 3.61. The van der Waals surface area contributed by atoms with Crippen LogP contribution in [-0.4, -0.2) is 55.9 Å². The molecule has 7 nitrogen and oxygen atoms in total. The summed E-state index contributed by atoms with van der Waals surface area (Å²) in [5.41, 5.74) is 1.60. The number of para-hydroxylation sites is 1. The highest BCUT2D eigenvalue weighted by Crippen LogP contribution is 2.30. The molecule has 0 aliphatic carbocycles. The van der Waals surface area contributed by atoms with E-state index in [-0.39, 0.29) is 4.90 Å². The second-order valence-electron chi connectivity index (χ2n) is 7.36. The van der Waals surface area contributed by atoms with Crippen LogP contribution in [0.25, 0.3) is 11.5 Å². The first-order chi connectivity index (χ1) is 14.9. The molecule has 9 heteroatoms. The summed E-state index contributed by atoms with van der Waals surface area (Å²) in [6.07, 6.45) is 0. The zero-order valence-electron chi connectivity index (χ0n) is 17.4. The van der Waals surface area contributed by atoms with Gasteiger partial charge in [0.2, 0.25) is 15.9 Å². The largest absolute Gasteiger partial charge is 0.496 e. The molecule has 1 fully saturated rings. The molecule has 0 unspecified atom stereocenters. The number of sulfonamides is 1. The van der Waals surface area contributed by atoms with Crippen molar-refractivity contribution in [1.82, 2.24) is 14.2 Å². The number of piperazine rings is 1. The molecule has 164 valence electrons. The molecule has 0 saturated carbocycles. The van der Waals surface area contributed by atoms with E-state index in [9.17, 15) is 12.8 Å². The Bertz CT molecular complexity index is 1150. The van der Waals surface area contributed by atoms with Crippen molar-refractivity contribution in [2.75, 3.05) is 33.3 Å². The Hall–Kier alpha value is -2.75. The minimum atomic E-state index is -3.63. The predicted octanol–water partition coefficient (Wildman–Crippen LogP) is 3.30. The third kappa shape index (κ3) is 4.48. The van der Waals surface area contributed by atoms with E-state index in [2.05, 4.69) is 9.88 Å². The summed E-state index contributed by atoms with van der Waals surface area (Å²) >= 11 is 0. The van der Waals surface area contributed by atoms with Gasteiger partial charge in [0.25, 0.3) is 0 Å². The summed E-state index contributed by atoms with van der Waals surface area (Å²) in [5.74, 6) is 1.46. The Morgan fingerprint density at radius 1 is 1.06 bits per heavy atom. The normalized spacial score (nSPS) is 15.8. The lowest BCUT2D eigenvalue weighted by Gasteiger charge is -2.33. The Balaban J connectivity index is 1.43. The van der Waals surface area contributed by atoms with Gasteiger partial charge in [0.15, 0.2) is 0 Å². The molecule has 0 amide bonds. The first-order valence-electron chi connectivity index (χ1n) is 9.96. The quantitative estimate of drug-likeness (QED) is 0.580. The van der Waals surface area contributed by atoms with Crippen molar-refractivity contribution in [1.29, 1.82) is 0 Å². The van der Waals surface area contributed by atoms with Gasteiger partial charge in [-0.2, -0.15) is 4.31 Å². The van der Waals surface area contributed by atoms with Crippen LogP contribution in [0.1, 0.15) is 11.5 Å². The van der Waals surface area contributed by atoms with Crippen molar-refractivity contribution in [3.63, 3.8) is 0 Å². The summed E-state index contributed by atoms with van der Waals surface area (Å²) in [7, 11) is -2.02. The Kier molecular flexibility index (Phi) is 6.08. The second kappa shape index (κ2) is 8.78. The maximum atomic E-state index is 13.1. The van der Waals surface area contributed by atoms with E-state index in [4.69, 9.17) is 9.15 Å². The van der Waals surface area contributed by atoms with E-state index in [1.165, 1.54) is 16.4 Å². The molecule has 1 aromatic heterocycles. The molecule has 1 saturated heterocycles. The average molecular weight is 446 g/mol. The zero-order chi connectivity index (χ0) is 22.0. The van der Waals surface area contributed by atoms with Gasteiger partial charge in [0.05, 0.1) is 23.3 Å². The van der Waals surface area contributed by atoms with Crippen LogP contribution in [0.3, 0.4) is 0 Å². The number of rotatable bonds is 6. The Labute approximate surface area is 181 Å². The average Bonchev–Trinajstić information content (AvgIpc) is 3.14. The lowest BCUT2D eigenvalue weighted by atomic mass is 10.2. The van der Waals surface area contributed by atoms with Crippen molar-refractivity contribution in [2.24, 2.45) is 0 Å². The van der Waals surface area contributed by atoms with Gasteiger partial charge in [-0.05, 0) is 43.3 Å². The van der Waals surface area contributed by atoms with Gasteiger partial charge in [0.1, 0.15) is 17.3 Å². The monoisotopic (exact) mass is 445 g/mol. The highest BCUT2D eigenvalue weighted by Gasteiger charge is 2.29. The number of ether oxygens (including phenoxy) is 1. The van der Waals surface area contributed by atoms with Gasteiger partial charge in [-0.25, -0.2) is 17.8 Å². The van der Waals surface area contributed by atoms with Crippen molar-refractivity contribution in [3.8, 4) is 17.2 Å². The summed E-state index contributed by atoms with van der Waals surface area (Å²) in [5, 5.41) is 0. The summed E-state index contributed by atoms with van der Waals surface area (Å²) in [6.45, 7) is 4.28. The van der Waals surface area contributed by atoms with Crippen LogP contribution in [0, 0.1) is 12.7 Å². The fourth-order valence-corrected chi connectivity index (χ4v) is 5.03. The second-order valence-corrected chi connectivity index (χ2v) is 9.29. The van der Waals surface area contributed by atoms with E-state index < -0.39 is 15.8 Å². The molecule has 31 heavy (non-hydrogen) atoms. The molecule has 0 spiro atoms. The molecule has 1 aliphatic rings. The van der Waals surface area contributed by atoms with Crippen molar-refractivity contribution >= 4 is 10.0 Å². The highest BCUT2D eigenvalue weighted by atomic mass is 32.2. The molecule has 4 rings (SSSR count). The van der Waals surface area contributed by atoms with Crippen LogP contribution in [0.2, 0.25) is 0 Å². The maximum absolute atomic E-state index is 13.1. The minimum absolute atomic E-state index is 0.108. The van der Waals surface area contributed by atoms with Gasteiger partial charge < -0.3 is 9.15 Å². The summed E-state index contributed by atoms with van der Waals surface area (Å²) < 4.78 is 51.4. The van der Waals surface area contributed by atoms with Crippen molar-refractivity contribution in [2.45, 2.75) is 18.4 Å². The number of hydrogen-bond acceptors (Lipinski definition) is 6. The van der Waals surface area contributed by atoms with Crippen molar-refractivity contribution in [3.05, 3.63) is 65.8 Å². The third-order valence-corrected chi connectivity index (χ3v) is 7.30. The van der Waals surface area contributed by atoms with Gasteiger partial charge >= 0.3 is 0 Å². The van der Waals surface area contributed by atoms with E-state index in [1.807, 2.05) is 31.2 Å². The molecule has 0 N–H and O–H groups in total. The lowest BCUT2D eigenvalue weighted by Crippen LogP contribution is -2.48. The molecular weight excluding hydrogens is 421 g/mol. The van der Waals surface area contributed by atoms with Gasteiger partial charge in [-0.15, -0.1) is 0 Å². The number of halogens is 1. The van der Waals surface area contributed by atoms with E-state index in [0.29, 0.717) is 44.4 Å². The molecule has 2 heterocycles. The fraction of sp³-hybridized carbons (Fsp3) is 0.318. The molecule has 0 radical (unpaired) electrons. The smallest absolute Gasteiger partial charge is 0.243 e. The predicted molar refractivity (Wildman–Crippen MR) is 114 cm³/mol. The van der Waals surface area contributed by atoms with Crippen molar-refractivity contribution < 1.29 is 22.0 Å². The molecule has 2 aromatic carbocycles. The number of oxazole rings is 1. The first kappa shape index (κ1) is 21.5. The van der Waals surface area contributed by atoms with Crippen LogP contribution in [0.15, 0.2) is 57.8 Å². The third-order valence-electron chi connectivity index (χ3n) is 5.39. The maximum Gasteiger partial charge on any atom is 0.243 e. The summed E-state index contributed by atoms with van der Waals surface area (Å²) in [6, 6.07) is 12.5. The molecular formula is C22H24FN3O4S. The standard InChI is InChI=1S/C22H24FN3O4S/c1-16-20(24-22(30-16)19-5-3-4-6-21(19)29-2)15-25-11-13-26(14-12-25)31(27,28)18-9-7-17(23)8-10-18/h3-10H,11-15H2,1-2H3. The van der Waals surface area contributed by atoms with Gasteiger partial charge in [-0.1, -0.05) is 12.1 Å². The Morgan fingerprint density at radius 2 is 1.74 bits per heavy atom. The number of aromatic nitrogens is 1. The van der Waals surface area contributed by atoms with Crippen LogP contribution in [0.4, 0.5) is 4.39 Å². The minimum Gasteiger partial charge on any atom is -0.496 e. The number of methoxy groups -OCH3 is 1. The SMILES string of the molecule is COc1ccccc1-c1nc(CN2CCN(S(=O)(=O)c3ccc(F)cc3)CC2)c(C)o1. The van der Waals surface area contributed by atoms with E-state index >= 15 is 0 Å². The van der Waals surface area contributed by atoms with Crippen LogP contribution < -0.4 is 4.74 Å². The van der Waals surface area contributed by atoms with Gasteiger partial charge in [-0.3, -0.25) is 4.90 Å². The highest BCUT2D eigenvalue weighted by molar-refractivity contribution is 7.89. The number of nitrogens with zero attached hydrogens (tertiary/aromatic N) is 3. The number of aryl methyl sites for hydroxylation is 1. The Morgan fingerprint density at radius 3 is 2.42 bits per heavy atom. The molecule has 1 aliphatic heterocycles. The molecule has 0 bridgehead atoms. The number of hydrogen-bond donors (Lipinski definition) is 0. The zero-order valence-corrected chi connectivity index (χ0v) is 18.2. The summed E-state index contributed by atoms with van der Waals surface area (Å²) in [4.78, 5) is 6.90. The van der Waals surface area contributed by atoms with Crippen LogP contribution in [-0.2, 0) is 16.6 Å². The van der Waals surface area contributed by atoms with E-state index in [0.717, 1.165) is 29.2 Å². The number of benzene rings is 2. The van der Waals surface area contributed by atoms with Crippen LogP contribution >= 0.6 is 0 Å². The van der Waals surface area contributed by atoms with Crippen LogP contribution in [0.5, 0.6) is 5.75 Å².